The Morgan fingerprint density at radius 1 is 1.47 bits per heavy atom. The van der Waals surface area contributed by atoms with Crippen LogP contribution in [0.1, 0.15) is 10.4 Å². The molecule has 1 rings (SSSR count). The standard InChI is InChI=1S/C11H12N2O5S/c1-18-10(14)6-12-11(15)7-3-4-9(19-2)8(5-7)13(16)17/h3-5H,6H2,1-2H3,(H,12,15). The number of hydrogen-bond acceptors (Lipinski definition) is 6. The van der Waals surface area contributed by atoms with Crippen LogP contribution in [0.25, 0.3) is 0 Å². The lowest BCUT2D eigenvalue weighted by molar-refractivity contribution is -0.387. The number of esters is 1. The molecular formula is C11H12N2O5S. The number of ether oxygens (including phenoxy) is 1. The maximum atomic E-state index is 11.7. The highest BCUT2D eigenvalue weighted by atomic mass is 32.2. The Bertz CT molecular complexity index is 518. The normalized spacial score (nSPS) is 9.79. The van der Waals surface area contributed by atoms with Crippen molar-refractivity contribution in [3.63, 3.8) is 0 Å². The van der Waals surface area contributed by atoms with E-state index in [9.17, 15) is 19.7 Å². The number of amides is 1. The lowest BCUT2D eigenvalue weighted by atomic mass is 10.2. The lowest BCUT2D eigenvalue weighted by Gasteiger charge is -2.05. The Kier molecular flexibility index (Phi) is 5.31. The van der Waals surface area contributed by atoms with E-state index in [-0.39, 0.29) is 17.8 Å². The third-order valence-electron chi connectivity index (χ3n) is 2.26. The molecule has 0 spiro atoms. The van der Waals surface area contributed by atoms with Gasteiger partial charge in [-0.2, -0.15) is 0 Å². The second kappa shape index (κ2) is 6.74. The summed E-state index contributed by atoms with van der Waals surface area (Å²) in [4.78, 5) is 33.3. The topological polar surface area (TPSA) is 98.5 Å². The van der Waals surface area contributed by atoms with Crippen LogP contribution in [0.4, 0.5) is 5.69 Å². The fourth-order valence-corrected chi connectivity index (χ4v) is 1.85. The van der Waals surface area contributed by atoms with Crippen molar-refractivity contribution in [3.05, 3.63) is 33.9 Å². The van der Waals surface area contributed by atoms with Crippen LogP contribution in [0.3, 0.4) is 0 Å². The van der Waals surface area contributed by atoms with Crippen LogP contribution >= 0.6 is 11.8 Å². The van der Waals surface area contributed by atoms with E-state index < -0.39 is 16.8 Å². The number of carbonyl (C=O) groups excluding carboxylic acids is 2. The van der Waals surface area contributed by atoms with Crippen molar-refractivity contribution in [1.29, 1.82) is 0 Å². The van der Waals surface area contributed by atoms with Gasteiger partial charge in [0.25, 0.3) is 11.6 Å². The van der Waals surface area contributed by atoms with Gasteiger partial charge in [0.1, 0.15) is 6.54 Å². The second-order valence-corrected chi connectivity index (χ2v) is 4.25. The molecule has 0 atom stereocenters. The summed E-state index contributed by atoms with van der Waals surface area (Å²) in [5.41, 5.74) is -0.0216. The number of nitrogens with one attached hydrogen (secondary N) is 1. The van der Waals surface area contributed by atoms with Gasteiger partial charge in [-0.25, -0.2) is 0 Å². The summed E-state index contributed by atoms with van der Waals surface area (Å²) in [6.07, 6.45) is 1.71. The van der Waals surface area contributed by atoms with Crippen molar-refractivity contribution < 1.29 is 19.2 Å². The third-order valence-corrected chi connectivity index (χ3v) is 3.04. The van der Waals surface area contributed by atoms with Crippen LogP contribution < -0.4 is 5.32 Å². The predicted octanol–water partition coefficient (Wildman–Crippen LogP) is 1.22. The molecule has 0 fully saturated rings. The number of thioether (sulfide) groups is 1. The van der Waals surface area contributed by atoms with Gasteiger partial charge < -0.3 is 10.1 Å². The van der Waals surface area contributed by atoms with Gasteiger partial charge in [0.2, 0.25) is 0 Å². The summed E-state index contributed by atoms with van der Waals surface area (Å²) in [7, 11) is 1.20. The predicted molar refractivity (Wildman–Crippen MR) is 69.2 cm³/mol. The first-order valence-corrected chi connectivity index (χ1v) is 6.39. The number of nitro benzene ring substituents is 1. The van der Waals surface area contributed by atoms with Gasteiger partial charge in [0.15, 0.2) is 0 Å². The van der Waals surface area contributed by atoms with E-state index in [0.29, 0.717) is 4.90 Å². The number of hydrogen-bond donors (Lipinski definition) is 1. The minimum absolute atomic E-state index is 0.119. The first-order valence-electron chi connectivity index (χ1n) is 5.17. The summed E-state index contributed by atoms with van der Waals surface area (Å²) in [6.45, 7) is -0.284. The molecule has 19 heavy (non-hydrogen) atoms. The fraction of sp³-hybridized carbons (Fsp3) is 0.273. The zero-order valence-electron chi connectivity index (χ0n) is 10.3. The number of nitrogens with zero attached hydrogens (tertiary/aromatic N) is 1. The highest BCUT2D eigenvalue weighted by molar-refractivity contribution is 7.98. The number of nitro groups is 1. The van der Waals surface area contributed by atoms with Crippen molar-refractivity contribution in [1.82, 2.24) is 5.32 Å². The number of carbonyl (C=O) groups is 2. The van der Waals surface area contributed by atoms with E-state index in [1.54, 1.807) is 6.26 Å². The average molecular weight is 284 g/mol. The first kappa shape index (κ1) is 15.0. The minimum atomic E-state index is -0.594. The van der Waals surface area contributed by atoms with Gasteiger partial charge in [-0.1, -0.05) is 0 Å². The van der Waals surface area contributed by atoms with E-state index in [0.717, 1.165) is 0 Å². The highest BCUT2D eigenvalue weighted by Gasteiger charge is 2.17. The number of benzene rings is 1. The van der Waals surface area contributed by atoms with Crippen LogP contribution in [0.2, 0.25) is 0 Å². The van der Waals surface area contributed by atoms with Crippen LogP contribution in [0.15, 0.2) is 23.1 Å². The van der Waals surface area contributed by atoms with Gasteiger partial charge in [-0.3, -0.25) is 19.7 Å². The summed E-state index contributed by atoms with van der Waals surface area (Å²) in [5, 5.41) is 13.2. The van der Waals surface area contributed by atoms with Crippen LogP contribution in [-0.2, 0) is 9.53 Å². The monoisotopic (exact) mass is 284 g/mol. The Balaban J connectivity index is 2.89. The van der Waals surface area contributed by atoms with Crippen molar-refractivity contribution in [3.8, 4) is 0 Å². The molecule has 1 N–H and O–H groups in total. The lowest BCUT2D eigenvalue weighted by Crippen LogP contribution is -2.30. The number of rotatable bonds is 5. The molecule has 0 aliphatic rings. The zero-order valence-corrected chi connectivity index (χ0v) is 11.2. The van der Waals surface area contributed by atoms with Crippen molar-refractivity contribution in [2.24, 2.45) is 0 Å². The molecule has 102 valence electrons. The zero-order chi connectivity index (χ0) is 14.4. The molecule has 0 aromatic heterocycles. The maximum Gasteiger partial charge on any atom is 0.325 e. The molecule has 1 amide bonds. The first-order chi connectivity index (χ1) is 8.99. The van der Waals surface area contributed by atoms with Gasteiger partial charge in [-0.05, 0) is 18.4 Å². The van der Waals surface area contributed by atoms with E-state index in [1.165, 1.54) is 37.1 Å². The molecule has 0 heterocycles. The molecule has 0 saturated heterocycles. The molecule has 0 unspecified atom stereocenters. The smallest absolute Gasteiger partial charge is 0.325 e. The van der Waals surface area contributed by atoms with E-state index >= 15 is 0 Å². The van der Waals surface area contributed by atoms with E-state index in [4.69, 9.17) is 0 Å². The van der Waals surface area contributed by atoms with E-state index in [1.807, 2.05) is 0 Å². The van der Waals surface area contributed by atoms with Gasteiger partial charge >= 0.3 is 5.97 Å². The van der Waals surface area contributed by atoms with Gasteiger partial charge in [0.05, 0.1) is 16.9 Å². The summed E-state index contributed by atoms with van der Waals surface area (Å²) in [6, 6.07) is 4.14. The summed E-state index contributed by atoms with van der Waals surface area (Å²) < 4.78 is 4.37. The summed E-state index contributed by atoms with van der Waals surface area (Å²) >= 11 is 1.22. The average Bonchev–Trinajstić information content (AvgIpc) is 2.43. The molecule has 0 bridgehead atoms. The molecule has 1 aromatic carbocycles. The second-order valence-electron chi connectivity index (χ2n) is 3.40. The van der Waals surface area contributed by atoms with Crippen LogP contribution in [0, 0.1) is 10.1 Å². The molecule has 8 heteroatoms. The fourth-order valence-electron chi connectivity index (χ4n) is 1.30. The maximum absolute atomic E-state index is 11.7. The largest absolute Gasteiger partial charge is 0.468 e. The Morgan fingerprint density at radius 3 is 2.68 bits per heavy atom. The van der Waals surface area contributed by atoms with Crippen molar-refractivity contribution in [2.75, 3.05) is 19.9 Å². The molecule has 1 aromatic rings. The Morgan fingerprint density at radius 2 is 2.16 bits per heavy atom. The minimum Gasteiger partial charge on any atom is -0.468 e. The Labute approximate surface area is 113 Å². The van der Waals surface area contributed by atoms with Gasteiger partial charge in [-0.15, -0.1) is 11.8 Å². The molecule has 0 saturated carbocycles. The Hall–Kier alpha value is -2.09. The molecule has 0 aliphatic carbocycles. The highest BCUT2D eigenvalue weighted by Crippen LogP contribution is 2.28. The number of methoxy groups -OCH3 is 1. The quantitative estimate of drug-likeness (QED) is 0.378. The third kappa shape index (κ3) is 3.95. The molecule has 0 aliphatic heterocycles. The van der Waals surface area contributed by atoms with Crippen LogP contribution in [-0.4, -0.2) is 36.7 Å². The van der Waals surface area contributed by atoms with Crippen molar-refractivity contribution >= 4 is 29.3 Å². The SMILES string of the molecule is COC(=O)CNC(=O)c1ccc(SC)c([N+](=O)[O-])c1. The molecular weight excluding hydrogens is 272 g/mol. The molecule has 0 radical (unpaired) electrons. The summed E-state index contributed by atoms with van der Waals surface area (Å²) in [5.74, 6) is -1.16. The van der Waals surface area contributed by atoms with Gasteiger partial charge in [0, 0.05) is 11.6 Å². The van der Waals surface area contributed by atoms with Crippen molar-refractivity contribution in [2.45, 2.75) is 4.90 Å². The van der Waals surface area contributed by atoms with Crippen LogP contribution in [0.5, 0.6) is 0 Å². The molecule has 7 nitrogen and oxygen atoms in total. The van der Waals surface area contributed by atoms with E-state index in [2.05, 4.69) is 10.1 Å².